The van der Waals surface area contributed by atoms with Gasteiger partial charge in [0.2, 0.25) is 5.82 Å². The SMILES string of the molecule is O=[N+]([O-])c1cc(Cl)ccc1-c1nc(-c2ccccn2)no1. The molecule has 0 radical (unpaired) electrons. The first-order chi connectivity index (χ1) is 10.1. The van der Waals surface area contributed by atoms with Crippen LogP contribution in [0.3, 0.4) is 0 Å². The molecule has 0 bridgehead atoms. The van der Waals surface area contributed by atoms with Crippen molar-refractivity contribution < 1.29 is 9.45 Å². The Morgan fingerprint density at radius 2 is 2.10 bits per heavy atom. The minimum atomic E-state index is -0.550. The van der Waals surface area contributed by atoms with Gasteiger partial charge < -0.3 is 4.52 Å². The third-order valence-electron chi connectivity index (χ3n) is 2.71. The Labute approximate surface area is 123 Å². The van der Waals surface area contributed by atoms with Crippen LogP contribution in [0.25, 0.3) is 23.0 Å². The van der Waals surface area contributed by atoms with Crippen LogP contribution < -0.4 is 0 Å². The summed E-state index contributed by atoms with van der Waals surface area (Å²) in [6.45, 7) is 0. The lowest BCUT2D eigenvalue weighted by molar-refractivity contribution is -0.384. The van der Waals surface area contributed by atoms with Gasteiger partial charge in [-0.1, -0.05) is 22.8 Å². The van der Waals surface area contributed by atoms with Crippen LogP contribution in [-0.4, -0.2) is 20.0 Å². The van der Waals surface area contributed by atoms with Gasteiger partial charge in [-0.15, -0.1) is 0 Å². The second-order valence-corrected chi connectivity index (χ2v) is 4.49. The molecule has 0 spiro atoms. The Balaban J connectivity index is 2.07. The molecule has 0 fully saturated rings. The number of rotatable bonds is 3. The monoisotopic (exact) mass is 302 g/mol. The Morgan fingerprint density at radius 1 is 1.24 bits per heavy atom. The van der Waals surface area contributed by atoms with Crippen LogP contribution in [0.5, 0.6) is 0 Å². The van der Waals surface area contributed by atoms with Crippen molar-refractivity contribution in [3.05, 3.63) is 57.7 Å². The number of aromatic nitrogens is 3. The molecule has 2 aromatic heterocycles. The van der Waals surface area contributed by atoms with E-state index >= 15 is 0 Å². The van der Waals surface area contributed by atoms with Crippen LogP contribution in [0.2, 0.25) is 5.02 Å². The van der Waals surface area contributed by atoms with Crippen LogP contribution >= 0.6 is 11.6 Å². The standard InChI is InChI=1S/C13H7ClN4O3/c14-8-4-5-9(11(7-8)18(19)20)13-16-12(17-21-13)10-3-1-2-6-15-10/h1-7H. The molecule has 0 aliphatic carbocycles. The highest BCUT2D eigenvalue weighted by molar-refractivity contribution is 6.30. The highest BCUT2D eigenvalue weighted by Crippen LogP contribution is 2.32. The minimum absolute atomic E-state index is 0.0408. The fraction of sp³-hybridized carbons (Fsp3) is 0. The summed E-state index contributed by atoms with van der Waals surface area (Å²) in [4.78, 5) is 18.7. The number of halogens is 1. The van der Waals surface area contributed by atoms with Gasteiger partial charge in [0, 0.05) is 17.3 Å². The van der Waals surface area contributed by atoms with Crippen molar-refractivity contribution in [2.45, 2.75) is 0 Å². The number of pyridine rings is 1. The van der Waals surface area contributed by atoms with Crippen LogP contribution in [0.4, 0.5) is 5.69 Å². The van der Waals surface area contributed by atoms with Crippen molar-refractivity contribution in [2.24, 2.45) is 0 Å². The average Bonchev–Trinajstić information content (AvgIpc) is 2.97. The highest BCUT2D eigenvalue weighted by atomic mass is 35.5. The van der Waals surface area contributed by atoms with Crippen LogP contribution in [0.15, 0.2) is 47.1 Å². The molecule has 0 saturated heterocycles. The number of nitro benzene ring substituents is 1. The molecule has 0 aliphatic heterocycles. The van der Waals surface area contributed by atoms with Crippen LogP contribution in [-0.2, 0) is 0 Å². The van der Waals surface area contributed by atoms with Gasteiger partial charge >= 0.3 is 0 Å². The molecule has 3 rings (SSSR count). The van der Waals surface area contributed by atoms with Gasteiger partial charge in [0.05, 0.1) is 4.92 Å². The molecule has 0 aliphatic rings. The summed E-state index contributed by atoms with van der Waals surface area (Å²) < 4.78 is 5.09. The molecular weight excluding hydrogens is 296 g/mol. The summed E-state index contributed by atoms with van der Waals surface area (Å²) in [7, 11) is 0. The fourth-order valence-corrected chi connectivity index (χ4v) is 1.93. The van der Waals surface area contributed by atoms with Crippen LogP contribution in [0.1, 0.15) is 0 Å². The third kappa shape index (κ3) is 2.59. The molecule has 0 amide bonds. The van der Waals surface area contributed by atoms with E-state index in [-0.39, 0.29) is 28.0 Å². The first kappa shape index (κ1) is 13.2. The Bertz CT molecular complexity index is 804. The minimum Gasteiger partial charge on any atom is -0.333 e. The Hall–Kier alpha value is -2.80. The van der Waals surface area contributed by atoms with Crippen molar-refractivity contribution in [3.63, 3.8) is 0 Å². The molecule has 0 atom stereocenters. The Kier molecular flexibility index (Phi) is 3.33. The summed E-state index contributed by atoms with van der Waals surface area (Å²) in [6, 6.07) is 9.48. The van der Waals surface area contributed by atoms with Gasteiger partial charge in [-0.3, -0.25) is 15.1 Å². The molecule has 7 nitrogen and oxygen atoms in total. The zero-order valence-electron chi connectivity index (χ0n) is 10.4. The van der Waals surface area contributed by atoms with E-state index in [0.29, 0.717) is 5.69 Å². The van der Waals surface area contributed by atoms with E-state index in [9.17, 15) is 10.1 Å². The van der Waals surface area contributed by atoms with Gasteiger partial charge in [-0.2, -0.15) is 4.98 Å². The lowest BCUT2D eigenvalue weighted by Gasteiger charge is -1.98. The van der Waals surface area contributed by atoms with E-state index in [1.807, 2.05) is 0 Å². The largest absolute Gasteiger partial charge is 0.333 e. The van der Waals surface area contributed by atoms with Crippen molar-refractivity contribution in [1.29, 1.82) is 0 Å². The summed E-state index contributed by atoms with van der Waals surface area (Å²) in [5.41, 5.74) is 0.530. The van der Waals surface area contributed by atoms with Crippen LogP contribution in [0, 0.1) is 10.1 Å². The number of hydrogen-bond acceptors (Lipinski definition) is 6. The van der Waals surface area contributed by atoms with Gasteiger partial charge in [-0.25, -0.2) is 0 Å². The summed E-state index contributed by atoms with van der Waals surface area (Å²) in [5, 5.41) is 15.1. The molecule has 3 aromatic rings. The molecule has 0 N–H and O–H groups in total. The lowest BCUT2D eigenvalue weighted by atomic mass is 10.2. The zero-order valence-corrected chi connectivity index (χ0v) is 11.2. The van der Waals surface area contributed by atoms with E-state index in [1.54, 1.807) is 24.4 Å². The predicted molar refractivity (Wildman–Crippen MR) is 74.6 cm³/mol. The molecular formula is C13H7ClN4O3. The van der Waals surface area contributed by atoms with E-state index in [1.165, 1.54) is 18.2 Å². The molecule has 0 unspecified atom stereocenters. The number of hydrogen-bond donors (Lipinski definition) is 0. The quantitative estimate of drug-likeness (QED) is 0.544. The summed E-state index contributed by atoms with van der Waals surface area (Å²) in [6.07, 6.45) is 1.59. The van der Waals surface area contributed by atoms with E-state index in [2.05, 4.69) is 15.1 Å². The zero-order chi connectivity index (χ0) is 14.8. The van der Waals surface area contributed by atoms with Gasteiger partial charge in [0.25, 0.3) is 11.6 Å². The van der Waals surface area contributed by atoms with Crippen molar-refractivity contribution in [1.82, 2.24) is 15.1 Å². The molecule has 104 valence electrons. The topological polar surface area (TPSA) is 95.0 Å². The normalized spacial score (nSPS) is 10.5. The maximum atomic E-state index is 11.1. The smallest absolute Gasteiger partial charge is 0.283 e. The maximum Gasteiger partial charge on any atom is 0.283 e. The van der Waals surface area contributed by atoms with E-state index in [4.69, 9.17) is 16.1 Å². The first-order valence-corrected chi connectivity index (χ1v) is 6.22. The molecule has 21 heavy (non-hydrogen) atoms. The summed E-state index contributed by atoms with van der Waals surface area (Å²) in [5.74, 6) is 0.300. The second-order valence-electron chi connectivity index (χ2n) is 4.06. The second kappa shape index (κ2) is 5.29. The summed E-state index contributed by atoms with van der Waals surface area (Å²) >= 11 is 5.77. The van der Waals surface area contributed by atoms with Gasteiger partial charge in [0.1, 0.15) is 11.3 Å². The van der Waals surface area contributed by atoms with Gasteiger partial charge in [0.15, 0.2) is 0 Å². The van der Waals surface area contributed by atoms with E-state index < -0.39 is 4.92 Å². The number of nitrogens with zero attached hydrogens (tertiary/aromatic N) is 4. The fourth-order valence-electron chi connectivity index (χ4n) is 1.77. The first-order valence-electron chi connectivity index (χ1n) is 5.84. The maximum absolute atomic E-state index is 11.1. The third-order valence-corrected chi connectivity index (χ3v) is 2.94. The van der Waals surface area contributed by atoms with Crippen molar-refractivity contribution in [3.8, 4) is 23.0 Å². The van der Waals surface area contributed by atoms with E-state index in [0.717, 1.165) is 0 Å². The molecule has 8 heteroatoms. The highest BCUT2D eigenvalue weighted by Gasteiger charge is 2.21. The molecule has 2 heterocycles. The molecule has 1 aromatic carbocycles. The molecule has 0 saturated carbocycles. The number of benzene rings is 1. The lowest BCUT2D eigenvalue weighted by Crippen LogP contribution is -1.92. The predicted octanol–water partition coefficient (Wildman–Crippen LogP) is 3.36. The van der Waals surface area contributed by atoms with Gasteiger partial charge in [-0.05, 0) is 24.3 Å². The Morgan fingerprint density at radius 3 is 2.81 bits per heavy atom. The van der Waals surface area contributed by atoms with Crippen molar-refractivity contribution in [2.75, 3.05) is 0 Å². The number of nitro groups is 1. The van der Waals surface area contributed by atoms with Crippen molar-refractivity contribution >= 4 is 17.3 Å². The average molecular weight is 303 g/mol.